The molecule has 4 aromatic rings. The predicted molar refractivity (Wildman–Crippen MR) is 149 cm³/mol. The van der Waals surface area contributed by atoms with Crippen LogP contribution < -0.4 is 14.9 Å². The lowest BCUT2D eigenvalue weighted by Gasteiger charge is -2.10. The molecule has 0 fully saturated rings. The predicted octanol–water partition coefficient (Wildman–Crippen LogP) is 6.71. The molecule has 0 aliphatic carbocycles. The van der Waals surface area contributed by atoms with E-state index < -0.39 is 26.4 Å². The fraction of sp³-hybridized carbons (Fsp3) is 0.115. The van der Waals surface area contributed by atoms with Crippen LogP contribution in [0.15, 0.2) is 93.8 Å². The molecule has 0 saturated heterocycles. The van der Waals surface area contributed by atoms with Gasteiger partial charge < -0.3 is 4.74 Å². The molecule has 0 heterocycles. The van der Waals surface area contributed by atoms with E-state index in [-0.39, 0.29) is 21.2 Å². The first kappa shape index (κ1) is 27.8. The van der Waals surface area contributed by atoms with Gasteiger partial charge in [0, 0.05) is 16.6 Å². The Bertz CT molecular complexity index is 1660. The van der Waals surface area contributed by atoms with E-state index >= 15 is 0 Å². The van der Waals surface area contributed by atoms with Gasteiger partial charge in [-0.15, -0.1) is 0 Å². The number of alkyl halides is 2. The van der Waals surface area contributed by atoms with E-state index in [9.17, 15) is 27.3 Å². The van der Waals surface area contributed by atoms with E-state index in [1.54, 1.807) is 14.0 Å². The van der Waals surface area contributed by atoms with Gasteiger partial charge in [0.25, 0.3) is 21.5 Å². The third-order valence-electron chi connectivity index (χ3n) is 5.62. The molecule has 39 heavy (non-hydrogen) atoms. The summed E-state index contributed by atoms with van der Waals surface area (Å²) in [7, 11) is -2.61. The lowest BCUT2D eigenvalue weighted by atomic mass is 10.0. The molecule has 0 atom stereocenters. The zero-order valence-electron chi connectivity index (χ0n) is 20.6. The normalized spacial score (nSPS) is 12.0. The zero-order valence-corrected chi connectivity index (χ0v) is 22.2. The molecular formula is C26H22F2N4O5S2. The average molecular weight is 573 g/mol. The molecule has 0 bridgehead atoms. The van der Waals surface area contributed by atoms with Crippen molar-refractivity contribution >= 4 is 55.3 Å². The fourth-order valence-electron chi connectivity index (χ4n) is 3.63. The summed E-state index contributed by atoms with van der Waals surface area (Å²) in [5.41, 5.74) is 3.61. The number of nitro benzene ring substituents is 1. The number of halogens is 2. The summed E-state index contributed by atoms with van der Waals surface area (Å²) in [5.74, 6) is -1.87. The maximum absolute atomic E-state index is 12.8. The van der Waals surface area contributed by atoms with Gasteiger partial charge >= 0.3 is 0 Å². The summed E-state index contributed by atoms with van der Waals surface area (Å²) in [6.07, 6.45) is 0. The number of methoxy groups -OCH3 is 1. The van der Waals surface area contributed by atoms with Crippen LogP contribution in [-0.4, -0.2) is 31.9 Å². The molecule has 0 aromatic heterocycles. The molecule has 4 rings (SSSR count). The summed E-state index contributed by atoms with van der Waals surface area (Å²) in [4.78, 5) is 10.9. The van der Waals surface area contributed by atoms with Gasteiger partial charge in [0.05, 0.1) is 22.6 Å². The van der Waals surface area contributed by atoms with E-state index in [4.69, 9.17) is 4.74 Å². The van der Waals surface area contributed by atoms with Crippen LogP contribution in [0.25, 0.3) is 10.8 Å². The van der Waals surface area contributed by atoms with Crippen LogP contribution in [-0.2, 0) is 10.0 Å². The van der Waals surface area contributed by atoms with Gasteiger partial charge in [-0.2, -0.15) is 13.9 Å². The Balaban J connectivity index is 1.54. The molecule has 0 saturated carbocycles. The van der Waals surface area contributed by atoms with Crippen LogP contribution in [0.2, 0.25) is 0 Å². The van der Waals surface area contributed by atoms with E-state index in [0.29, 0.717) is 17.5 Å². The lowest BCUT2D eigenvalue weighted by Crippen LogP contribution is -2.13. The van der Waals surface area contributed by atoms with Crippen LogP contribution in [0.1, 0.15) is 12.5 Å². The largest absolute Gasteiger partial charge is 0.497 e. The molecule has 13 heteroatoms. The van der Waals surface area contributed by atoms with Gasteiger partial charge in [-0.25, -0.2) is 8.42 Å². The van der Waals surface area contributed by atoms with Crippen LogP contribution >= 0.6 is 11.8 Å². The first-order chi connectivity index (χ1) is 18.6. The smallest absolute Gasteiger partial charge is 0.295 e. The average Bonchev–Trinajstić information content (AvgIpc) is 2.91. The monoisotopic (exact) mass is 572 g/mol. The number of ether oxygens (including phenoxy) is 1. The highest BCUT2D eigenvalue weighted by atomic mass is 32.2. The van der Waals surface area contributed by atoms with Gasteiger partial charge in [0.2, 0.25) is 0 Å². The molecule has 0 aliphatic rings. The number of rotatable bonds is 10. The van der Waals surface area contributed by atoms with Crippen molar-refractivity contribution < 1.29 is 26.9 Å². The lowest BCUT2D eigenvalue weighted by molar-refractivity contribution is -0.384. The third-order valence-corrected chi connectivity index (χ3v) is 7.72. The van der Waals surface area contributed by atoms with Crippen molar-refractivity contribution in [2.24, 2.45) is 5.10 Å². The number of nitrogens with zero attached hydrogens (tertiary/aromatic N) is 2. The molecule has 2 N–H and O–H groups in total. The quantitative estimate of drug-likeness (QED) is 0.0937. The Morgan fingerprint density at radius 1 is 1.00 bits per heavy atom. The highest BCUT2D eigenvalue weighted by Gasteiger charge is 2.22. The van der Waals surface area contributed by atoms with E-state index in [0.717, 1.165) is 28.2 Å². The van der Waals surface area contributed by atoms with Crippen molar-refractivity contribution in [1.82, 2.24) is 0 Å². The van der Waals surface area contributed by atoms with Crippen LogP contribution in [0, 0.1) is 10.1 Å². The molecule has 4 aromatic carbocycles. The second kappa shape index (κ2) is 11.7. The van der Waals surface area contributed by atoms with Gasteiger partial charge in [0.1, 0.15) is 11.4 Å². The van der Waals surface area contributed by atoms with Crippen molar-refractivity contribution in [3.05, 3.63) is 94.5 Å². The number of benzene rings is 4. The van der Waals surface area contributed by atoms with Gasteiger partial charge in [-0.3, -0.25) is 20.3 Å². The Labute approximate surface area is 227 Å². The molecular weight excluding hydrogens is 550 g/mol. The zero-order chi connectivity index (χ0) is 28.2. The molecule has 202 valence electrons. The number of sulfonamides is 1. The number of fused-ring (bicyclic) bond motifs is 1. The van der Waals surface area contributed by atoms with Crippen LogP contribution in [0.3, 0.4) is 0 Å². The fourth-order valence-corrected chi connectivity index (χ4v) is 5.20. The highest BCUT2D eigenvalue weighted by molar-refractivity contribution is 7.99. The Kier molecular flexibility index (Phi) is 8.31. The van der Waals surface area contributed by atoms with Gasteiger partial charge in [-0.1, -0.05) is 30.0 Å². The van der Waals surface area contributed by atoms with Gasteiger partial charge in [-0.05, 0) is 77.9 Å². The minimum Gasteiger partial charge on any atom is -0.497 e. The summed E-state index contributed by atoms with van der Waals surface area (Å²) >= 11 is 0.327. The summed E-state index contributed by atoms with van der Waals surface area (Å²) < 4.78 is 58.2. The molecule has 0 unspecified atom stereocenters. The Morgan fingerprint density at radius 2 is 1.69 bits per heavy atom. The number of hydrogen-bond acceptors (Lipinski definition) is 8. The molecule has 0 spiro atoms. The van der Waals surface area contributed by atoms with Crippen molar-refractivity contribution in [3.8, 4) is 5.75 Å². The number of nitrogens with one attached hydrogen (secondary N) is 2. The molecule has 0 aliphatic heterocycles. The van der Waals surface area contributed by atoms with Crippen LogP contribution in [0.4, 0.5) is 25.8 Å². The topological polar surface area (TPSA) is 123 Å². The summed E-state index contributed by atoms with van der Waals surface area (Å²) in [6, 6.07) is 20.0. The van der Waals surface area contributed by atoms with Crippen molar-refractivity contribution in [2.45, 2.75) is 22.5 Å². The Hall–Kier alpha value is -4.23. The SMILES string of the molecule is COc1ccc2cc(/C(C)=N/Nc3ccc(S(=O)(=O)Nc4ccc(SC(F)F)cc4)cc3[N+](=O)[O-])ccc2c1. The second-order valence-corrected chi connectivity index (χ2v) is 10.9. The highest BCUT2D eigenvalue weighted by Crippen LogP contribution is 2.30. The minimum atomic E-state index is -4.20. The first-order valence-electron chi connectivity index (χ1n) is 11.3. The second-order valence-electron chi connectivity index (χ2n) is 8.18. The number of thioether (sulfide) groups is 1. The van der Waals surface area contributed by atoms with Crippen molar-refractivity contribution in [3.63, 3.8) is 0 Å². The maximum Gasteiger partial charge on any atom is 0.295 e. The number of anilines is 2. The summed E-state index contributed by atoms with van der Waals surface area (Å²) in [6.45, 7) is 1.73. The van der Waals surface area contributed by atoms with E-state index in [2.05, 4.69) is 15.2 Å². The summed E-state index contributed by atoms with van der Waals surface area (Å²) in [5, 5.41) is 17.9. The third kappa shape index (κ3) is 6.81. The number of hydrogen-bond donors (Lipinski definition) is 2. The van der Waals surface area contributed by atoms with E-state index in [1.165, 1.54) is 36.4 Å². The Morgan fingerprint density at radius 3 is 2.36 bits per heavy atom. The maximum atomic E-state index is 12.8. The molecule has 0 radical (unpaired) electrons. The first-order valence-corrected chi connectivity index (χ1v) is 13.7. The standard InChI is InChI=1S/C26H22F2N4O5S2/c1-16(17-3-4-19-14-21(37-2)8-5-18(19)13-17)29-30-24-12-11-23(15-25(24)32(33)34)39(35,36)31-20-6-9-22(10-7-20)38-26(27)28/h3-15,26,30-31H,1-2H3/b29-16+. The number of hydrazone groups is 1. The number of nitro groups is 1. The minimum absolute atomic E-state index is 0.00259. The molecule has 9 nitrogen and oxygen atoms in total. The molecule has 0 amide bonds. The van der Waals surface area contributed by atoms with E-state index in [1.807, 2.05) is 36.4 Å². The van der Waals surface area contributed by atoms with Gasteiger partial charge in [0.15, 0.2) is 0 Å². The van der Waals surface area contributed by atoms with Crippen molar-refractivity contribution in [1.29, 1.82) is 0 Å². The van der Waals surface area contributed by atoms with Crippen molar-refractivity contribution in [2.75, 3.05) is 17.3 Å². The van der Waals surface area contributed by atoms with Crippen LogP contribution in [0.5, 0.6) is 5.75 Å².